The van der Waals surface area contributed by atoms with Crippen molar-refractivity contribution in [2.75, 3.05) is 4.90 Å². The molecule has 1 spiro atoms. The normalized spacial score (nSPS) is 13.1. The third kappa shape index (κ3) is 5.29. The molecule has 0 bridgehead atoms. The van der Waals surface area contributed by atoms with Crippen LogP contribution >= 0.6 is 11.3 Å². The molecule has 2 heterocycles. The number of hydrogen-bond acceptors (Lipinski definition) is 3. The van der Waals surface area contributed by atoms with Crippen LogP contribution in [0.3, 0.4) is 0 Å². The largest absolute Gasteiger partial charge is 0.455 e. The van der Waals surface area contributed by atoms with Gasteiger partial charge >= 0.3 is 0 Å². The molecule has 0 unspecified atom stereocenters. The van der Waals surface area contributed by atoms with Gasteiger partial charge in [0.25, 0.3) is 0 Å². The van der Waals surface area contributed by atoms with E-state index in [2.05, 4.69) is 241 Å². The van der Waals surface area contributed by atoms with Gasteiger partial charge in [0.05, 0.1) is 11.1 Å². The Kier molecular flexibility index (Phi) is 8.10. The van der Waals surface area contributed by atoms with Crippen LogP contribution in [0.2, 0.25) is 0 Å². The van der Waals surface area contributed by atoms with Crippen LogP contribution in [0.25, 0.3) is 75.1 Å². The van der Waals surface area contributed by atoms with E-state index in [1.165, 1.54) is 70.2 Å². The van der Waals surface area contributed by atoms with Gasteiger partial charge in [0.1, 0.15) is 11.5 Å². The molecule has 0 saturated heterocycles. The topological polar surface area (TPSA) is 12.5 Å². The van der Waals surface area contributed by atoms with Crippen molar-refractivity contribution in [2.45, 2.75) is 5.41 Å². The molecule has 0 radical (unpaired) electrons. The zero-order chi connectivity index (χ0) is 43.3. The fourth-order valence-electron chi connectivity index (χ4n) is 11.3. The molecule has 11 aromatic carbocycles. The van der Waals surface area contributed by atoms with E-state index in [9.17, 15) is 0 Å². The monoisotopic (exact) mass is 857 g/mol. The predicted octanol–water partition coefficient (Wildman–Crippen LogP) is 17.6. The SMILES string of the molecule is c1ccc(-c2ccccc2N(c2cccc(-c3cccc4c3-c3ccccc3C43c4ccc5ccccc5c4Oc4c3ccc3ccccc43)c2)c2ccc3sc4ccccc4c3c2)cc1. The van der Waals surface area contributed by atoms with Crippen LogP contribution in [-0.2, 0) is 5.41 Å². The minimum atomic E-state index is -0.629. The number of nitrogens with zero attached hydrogens (tertiary/aromatic N) is 1. The number of rotatable bonds is 5. The molecule has 3 heteroatoms. The van der Waals surface area contributed by atoms with E-state index in [0.717, 1.165) is 55.7 Å². The van der Waals surface area contributed by atoms with Crippen LogP contribution in [0.15, 0.2) is 237 Å². The van der Waals surface area contributed by atoms with E-state index in [1.807, 2.05) is 11.3 Å². The predicted molar refractivity (Wildman–Crippen MR) is 277 cm³/mol. The zero-order valence-electron chi connectivity index (χ0n) is 35.8. The highest BCUT2D eigenvalue weighted by Crippen LogP contribution is 2.65. The summed E-state index contributed by atoms with van der Waals surface area (Å²) in [5.41, 5.74) is 14.8. The number of ether oxygens (including phenoxy) is 1. The highest BCUT2D eigenvalue weighted by Gasteiger charge is 2.52. The molecule has 14 rings (SSSR count). The van der Waals surface area contributed by atoms with Crippen molar-refractivity contribution >= 4 is 70.1 Å². The van der Waals surface area contributed by atoms with E-state index < -0.39 is 5.41 Å². The Morgan fingerprint density at radius 3 is 1.71 bits per heavy atom. The van der Waals surface area contributed by atoms with Gasteiger partial charge in [-0.25, -0.2) is 0 Å². The average Bonchev–Trinajstić information content (AvgIpc) is 3.90. The van der Waals surface area contributed by atoms with Crippen molar-refractivity contribution in [3.63, 3.8) is 0 Å². The van der Waals surface area contributed by atoms with Crippen molar-refractivity contribution in [3.8, 4) is 44.9 Å². The lowest BCUT2D eigenvalue weighted by atomic mass is 9.65. The van der Waals surface area contributed by atoms with Crippen molar-refractivity contribution < 1.29 is 4.74 Å². The lowest BCUT2D eigenvalue weighted by Gasteiger charge is -2.40. The van der Waals surface area contributed by atoms with Gasteiger partial charge in [-0.1, -0.05) is 194 Å². The number of benzene rings is 11. The molecule has 0 saturated carbocycles. The van der Waals surface area contributed by atoms with Gasteiger partial charge in [0, 0.05) is 59.0 Å². The Labute approximate surface area is 386 Å². The molecule has 66 heavy (non-hydrogen) atoms. The fraction of sp³-hybridized carbons (Fsp3) is 0.0159. The third-order valence-corrected chi connectivity index (χ3v) is 15.3. The molecule has 1 aromatic heterocycles. The number of hydrogen-bond donors (Lipinski definition) is 0. The van der Waals surface area contributed by atoms with Gasteiger partial charge in [0.15, 0.2) is 0 Å². The number of fused-ring (bicyclic) bond motifs is 16. The summed E-state index contributed by atoms with van der Waals surface area (Å²) < 4.78 is 9.83. The average molecular weight is 858 g/mol. The summed E-state index contributed by atoms with van der Waals surface area (Å²) >= 11 is 1.85. The molecule has 1 aliphatic carbocycles. The van der Waals surface area contributed by atoms with Crippen molar-refractivity contribution in [2.24, 2.45) is 0 Å². The highest BCUT2D eigenvalue weighted by molar-refractivity contribution is 7.25. The molecule has 2 aliphatic rings. The molecule has 1 aliphatic heterocycles. The highest BCUT2D eigenvalue weighted by atomic mass is 32.1. The van der Waals surface area contributed by atoms with Gasteiger partial charge in [-0.15, -0.1) is 11.3 Å². The summed E-state index contributed by atoms with van der Waals surface area (Å²) in [6, 6.07) is 87.0. The molecule has 0 amide bonds. The Morgan fingerprint density at radius 2 is 0.924 bits per heavy atom. The molecule has 0 fully saturated rings. The maximum Gasteiger partial charge on any atom is 0.140 e. The molecular weight excluding hydrogens is 819 g/mol. The van der Waals surface area contributed by atoms with Crippen LogP contribution in [0.5, 0.6) is 11.5 Å². The van der Waals surface area contributed by atoms with Crippen LogP contribution < -0.4 is 9.64 Å². The number of para-hydroxylation sites is 1. The Bertz CT molecular complexity index is 3850. The molecule has 12 aromatic rings. The van der Waals surface area contributed by atoms with Gasteiger partial charge in [-0.2, -0.15) is 0 Å². The minimum absolute atomic E-state index is 0.629. The van der Waals surface area contributed by atoms with E-state index in [-0.39, 0.29) is 0 Å². The lowest BCUT2D eigenvalue weighted by Crippen LogP contribution is -2.32. The van der Waals surface area contributed by atoms with Gasteiger partial charge in [-0.3, -0.25) is 0 Å². The second-order valence-corrected chi connectivity index (χ2v) is 18.6. The molecule has 2 nitrogen and oxygen atoms in total. The standard InChI is InChI=1S/C63H39NOS/c1-2-16-40(17-3-1)46-22-9-12-30-57(46)64(45-34-37-59-52(39-45)50-25-10-13-31-58(50)66-59)44-21-14-20-43(38-44)47-27-15-29-54-60(47)51-26-8-11-28-53(51)63(54)55-35-32-41-18-4-6-23-48(41)61(55)65-62-49-24-7-5-19-42(49)33-36-56(62)63/h1-39H. The summed E-state index contributed by atoms with van der Waals surface area (Å²) in [5.74, 6) is 1.85. The smallest absolute Gasteiger partial charge is 0.140 e. The summed E-state index contributed by atoms with van der Waals surface area (Å²) in [7, 11) is 0. The summed E-state index contributed by atoms with van der Waals surface area (Å²) in [4.78, 5) is 2.46. The van der Waals surface area contributed by atoms with Crippen LogP contribution in [-0.4, -0.2) is 0 Å². The maximum atomic E-state index is 7.24. The van der Waals surface area contributed by atoms with Crippen molar-refractivity contribution in [1.82, 2.24) is 0 Å². The van der Waals surface area contributed by atoms with Crippen LogP contribution in [0.4, 0.5) is 17.1 Å². The van der Waals surface area contributed by atoms with E-state index in [1.54, 1.807) is 0 Å². The third-order valence-electron chi connectivity index (χ3n) is 14.1. The Hall–Kier alpha value is -8.24. The molecule has 0 atom stereocenters. The first kappa shape index (κ1) is 37.2. The van der Waals surface area contributed by atoms with E-state index in [0.29, 0.717) is 0 Å². The van der Waals surface area contributed by atoms with Crippen LogP contribution in [0, 0.1) is 0 Å². The second-order valence-electron chi connectivity index (χ2n) is 17.5. The minimum Gasteiger partial charge on any atom is -0.455 e. The van der Waals surface area contributed by atoms with Gasteiger partial charge in [0.2, 0.25) is 0 Å². The Balaban J connectivity index is 1.02. The first-order valence-electron chi connectivity index (χ1n) is 22.7. The van der Waals surface area contributed by atoms with Crippen LogP contribution in [0.1, 0.15) is 22.3 Å². The second kappa shape index (κ2) is 14.4. The summed E-state index contributed by atoms with van der Waals surface area (Å²) in [5, 5.41) is 7.12. The van der Waals surface area contributed by atoms with Gasteiger partial charge < -0.3 is 9.64 Å². The molecule has 308 valence electrons. The maximum absolute atomic E-state index is 7.24. The molecule has 0 N–H and O–H groups in total. The lowest BCUT2D eigenvalue weighted by molar-refractivity contribution is 0.447. The van der Waals surface area contributed by atoms with E-state index in [4.69, 9.17) is 4.74 Å². The van der Waals surface area contributed by atoms with Crippen molar-refractivity contribution in [1.29, 1.82) is 0 Å². The zero-order valence-corrected chi connectivity index (χ0v) is 36.6. The quantitative estimate of drug-likeness (QED) is 0.171. The molecular formula is C63H39NOS. The fourth-order valence-corrected chi connectivity index (χ4v) is 12.4. The first-order valence-corrected chi connectivity index (χ1v) is 23.5. The van der Waals surface area contributed by atoms with Gasteiger partial charge in [-0.05, 0) is 92.2 Å². The number of thiophene rings is 1. The summed E-state index contributed by atoms with van der Waals surface area (Å²) in [6.45, 7) is 0. The summed E-state index contributed by atoms with van der Waals surface area (Å²) in [6.07, 6.45) is 0. The Morgan fingerprint density at radius 1 is 0.348 bits per heavy atom. The van der Waals surface area contributed by atoms with E-state index >= 15 is 0 Å². The van der Waals surface area contributed by atoms with Crippen molar-refractivity contribution in [3.05, 3.63) is 259 Å². The number of anilines is 3. The first-order chi connectivity index (χ1) is 32.7.